The Hall–Kier alpha value is -0.970. The van der Waals surface area contributed by atoms with Crippen LogP contribution in [0.1, 0.15) is 10.4 Å². The summed E-state index contributed by atoms with van der Waals surface area (Å²) in [6.07, 6.45) is 0. The van der Waals surface area contributed by atoms with Gasteiger partial charge >= 0.3 is 0 Å². The maximum atomic E-state index is 11.5. The molecule has 0 saturated carbocycles. The number of benzene rings is 1. The molecule has 0 radical (unpaired) electrons. The fourth-order valence-electron chi connectivity index (χ4n) is 1.04. The Kier molecular flexibility index (Phi) is 4.20. The number of nitrogens with one attached hydrogen (secondary N) is 1. The summed E-state index contributed by atoms with van der Waals surface area (Å²) in [6.45, 7) is 0.0149. The molecule has 0 saturated heterocycles. The van der Waals surface area contributed by atoms with Gasteiger partial charge in [-0.2, -0.15) is 0 Å². The van der Waals surface area contributed by atoms with Crippen LogP contribution in [0.25, 0.3) is 0 Å². The fraction of sp³-hybridized carbons (Fsp3) is 0.222. The van der Waals surface area contributed by atoms with Crippen LogP contribution in [0.2, 0.25) is 10.0 Å². The SMILES string of the molecule is Nc1cc(Cl)c(Cl)c(C(=O)NCCO)c1. The van der Waals surface area contributed by atoms with Gasteiger partial charge in [0.15, 0.2) is 0 Å². The van der Waals surface area contributed by atoms with E-state index in [4.69, 9.17) is 34.0 Å². The van der Waals surface area contributed by atoms with E-state index in [1.807, 2.05) is 0 Å². The van der Waals surface area contributed by atoms with Crippen molar-refractivity contribution >= 4 is 34.8 Å². The van der Waals surface area contributed by atoms with Gasteiger partial charge in [0, 0.05) is 12.2 Å². The second-order valence-corrected chi connectivity index (χ2v) is 3.63. The highest BCUT2D eigenvalue weighted by Crippen LogP contribution is 2.28. The molecular weight excluding hydrogens is 239 g/mol. The number of hydrogen-bond acceptors (Lipinski definition) is 3. The summed E-state index contributed by atoms with van der Waals surface area (Å²) in [5.74, 6) is -0.414. The lowest BCUT2D eigenvalue weighted by Gasteiger charge is -2.07. The Morgan fingerprint density at radius 2 is 2.13 bits per heavy atom. The third kappa shape index (κ3) is 2.99. The molecule has 0 aliphatic heterocycles. The molecule has 1 amide bonds. The van der Waals surface area contributed by atoms with E-state index >= 15 is 0 Å². The molecule has 1 aromatic carbocycles. The summed E-state index contributed by atoms with van der Waals surface area (Å²) < 4.78 is 0. The van der Waals surface area contributed by atoms with Gasteiger partial charge in [-0.25, -0.2) is 0 Å². The van der Waals surface area contributed by atoms with E-state index in [-0.39, 0.29) is 28.8 Å². The van der Waals surface area contributed by atoms with Crippen LogP contribution in [0.15, 0.2) is 12.1 Å². The molecule has 82 valence electrons. The van der Waals surface area contributed by atoms with Crippen LogP contribution >= 0.6 is 23.2 Å². The molecule has 0 heterocycles. The average Bonchev–Trinajstić information content (AvgIpc) is 2.19. The van der Waals surface area contributed by atoms with Crippen LogP contribution in [0, 0.1) is 0 Å². The number of halogens is 2. The first-order valence-electron chi connectivity index (χ1n) is 4.20. The van der Waals surface area contributed by atoms with Crippen LogP contribution in [0.4, 0.5) is 5.69 Å². The number of nitrogens with two attached hydrogens (primary N) is 1. The maximum absolute atomic E-state index is 11.5. The number of nitrogen functional groups attached to an aromatic ring is 1. The molecule has 1 aromatic rings. The van der Waals surface area contributed by atoms with Gasteiger partial charge in [0.05, 0.1) is 22.2 Å². The van der Waals surface area contributed by atoms with Crippen molar-refractivity contribution in [2.75, 3.05) is 18.9 Å². The molecule has 6 heteroatoms. The zero-order chi connectivity index (χ0) is 11.4. The minimum absolute atomic E-state index is 0.139. The van der Waals surface area contributed by atoms with Crippen molar-refractivity contribution in [3.8, 4) is 0 Å². The zero-order valence-corrected chi connectivity index (χ0v) is 9.27. The van der Waals surface area contributed by atoms with E-state index in [1.54, 1.807) is 0 Å². The molecule has 15 heavy (non-hydrogen) atoms. The molecule has 1 rings (SSSR count). The van der Waals surface area contributed by atoms with Crippen LogP contribution in [0.3, 0.4) is 0 Å². The van der Waals surface area contributed by atoms with E-state index in [9.17, 15) is 4.79 Å². The van der Waals surface area contributed by atoms with E-state index in [0.29, 0.717) is 5.69 Å². The van der Waals surface area contributed by atoms with Gasteiger partial charge in [0.25, 0.3) is 5.91 Å². The summed E-state index contributed by atoms with van der Waals surface area (Å²) >= 11 is 11.6. The number of anilines is 1. The topological polar surface area (TPSA) is 75.4 Å². The van der Waals surface area contributed by atoms with Crippen LogP contribution in [0.5, 0.6) is 0 Å². The molecule has 4 N–H and O–H groups in total. The number of hydrogen-bond donors (Lipinski definition) is 3. The van der Waals surface area contributed by atoms with Crippen molar-refractivity contribution in [3.63, 3.8) is 0 Å². The van der Waals surface area contributed by atoms with Gasteiger partial charge in [0.2, 0.25) is 0 Å². The fourth-order valence-corrected chi connectivity index (χ4v) is 1.46. The van der Waals surface area contributed by atoms with Gasteiger partial charge in [-0.3, -0.25) is 4.79 Å². The standard InChI is InChI=1S/C9H10Cl2N2O2/c10-7-4-5(12)3-6(8(7)11)9(15)13-1-2-14/h3-4,14H,1-2,12H2,(H,13,15). The van der Waals surface area contributed by atoms with Gasteiger partial charge < -0.3 is 16.2 Å². The quantitative estimate of drug-likeness (QED) is 0.706. The highest BCUT2D eigenvalue weighted by Gasteiger charge is 2.13. The van der Waals surface area contributed by atoms with Crippen LogP contribution in [-0.4, -0.2) is 24.2 Å². The number of carbonyl (C=O) groups is 1. The molecule has 4 nitrogen and oxygen atoms in total. The van der Waals surface area contributed by atoms with Crippen molar-refractivity contribution in [1.29, 1.82) is 0 Å². The van der Waals surface area contributed by atoms with Crippen molar-refractivity contribution in [1.82, 2.24) is 5.32 Å². The highest BCUT2D eigenvalue weighted by atomic mass is 35.5. The van der Waals surface area contributed by atoms with E-state index in [0.717, 1.165) is 0 Å². The molecular formula is C9H10Cl2N2O2. The van der Waals surface area contributed by atoms with Gasteiger partial charge in [-0.1, -0.05) is 23.2 Å². The Balaban J connectivity index is 2.98. The van der Waals surface area contributed by atoms with Crippen LogP contribution < -0.4 is 11.1 Å². The molecule has 0 spiro atoms. The molecule has 0 unspecified atom stereocenters. The van der Waals surface area contributed by atoms with Gasteiger partial charge in [0.1, 0.15) is 0 Å². The Labute approximate surface area is 97.0 Å². The molecule has 0 atom stereocenters. The number of amides is 1. The summed E-state index contributed by atoms with van der Waals surface area (Å²) in [5, 5.41) is 11.4. The number of aliphatic hydroxyl groups is 1. The number of rotatable bonds is 3. The summed E-state index contributed by atoms with van der Waals surface area (Å²) in [4.78, 5) is 11.5. The summed E-state index contributed by atoms with van der Waals surface area (Å²) in [7, 11) is 0. The van der Waals surface area contributed by atoms with Crippen molar-refractivity contribution in [2.24, 2.45) is 0 Å². The number of carbonyl (C=O) groups excluding carboxylic acids is 1. The Morgan fingerprint density at radius 3 is 2.73 bits per heavy atom. The first-order valence-corrected chi connectivity index (χ1v) is 4.95. The summed E-state index contributed by atoms with van der Waals surface area (Å²) in [5.41, 5.74) is 6.09. The van der Waals surface area contributed by atoms with E-state index < -0.39 is 5.91 Å². The third-order valence-electron chi connectivity index (χ3n) is 1.69. The predicted molar refractivity (Wildman–Crippen MR) is 60.3 cm³/mol. The molecule has 0 aromatic heterocycles. The van der Waals surface area contributed by atoms with Crippen molar-refractivity contribution in [2.45, 2.75) is 0 Å². The van der Waals surface area contributed by atoms with E-state index in [2.05, 4.69) is 5.32 Å². The highest BCUT2D eigenvalue weighted by molar-refractivity contribution is 6.44. The maximum Gasteiger partial charge on any atom is 0.253 e. The normalized spacial score (nSPS) is 10.1. The smallest absolute Gasteiger partial charge is 0.253 e. The van der Waals surface area contributed by atoms with Gasteiger partial charge in [-0.15, -0.1) is 0 Å². The minimum atomic E-state index is -0.414. The zero-order valence-electron chi connectivity index (χ0n) is 7.76. The Morgan fingerprint density at radius 1 is 1.47 bits per heavy atom. The largest absolute Gasteiger partial charge is 0.399 e. The number of aliphatic hydroxyl groups excluding tert-OH is 1. The summed E-state index contributed by atoms with van der Waals surface area (Å²) in [6, 6.07) is 2.90. The minimum Gasteiger partial charge on any atom is -0.399 e. The lowest BCUT2D eigenvalue weighted by atomic mass is 10.2. The second kappa shape index (κ2) is 5.21. The van der Waals surface area contributed by atoms with Crippen molar-refractivity contribution in [3.05, 3.63) is 27.7 Å². The molecule has 0 bridgehead atoms. The monoisotopic (exact) mass is 248 g/mol. The average molecular weight is 249 g/mol. The molecule has 0 aliphatic carbocycles. The molecule has 0 fully saturated rings. The predicted octanol–water partition coefficient (Wildman–Crippen LogP) is 1.30. The molecule has 0 aliphatic rings. The van der Waals surface area contributed by atoms with Crippen LogP contribution in [-0.2, 0) is 0 Å². The lowest BCUT2D eigenvalue weighted by molar-refractivity contribution is 0.0945. The lowest BCUT2D eigenvalue weighted by Crippen LogP contribution is -2.26. The van der Waals surface area contributed by atoms with Gasteiger partial charge in [-0.05, 0) is 12.1 Å². The van der Waals surface area contributed by atoms with E-state index in [1.165, 1.54) is 12.1 Å². The third-order valence-corrected chi connectivity index (χ3v) is 2.49. The second-order valence-electron chi connectivity index (χ2n) is 2.84. The Bertz CT molecular complexity index is 383. The first-order chi connectivity index (χ1) is 7.06. The first kappa shape index (κ1) is 12.1. The van der Waals surface area contributed by atoms with Crippen molar-refractivity contribution < 1.29 is 9.90 Å².